The Bertz CT molecular complexity index is 521. The van der Waals surface area contributed by atoms with Crippen LogP contribution in [0, 0.1) is 0 Å². The maximum atomic E-state index is 11.3. The van der Waals surface area contributed by atoms with E-state index in [0.29, 0.717) is 10.9 Å². The van der Waals surface area contributed by atoms with Crippen molar-refractivity contribution in [3.8, 4) is 0 Å². The second kappa shape index (κ2) is 3.23. The lowest BCUT2D eigenvalue weighted by molar-refractivity contribution is 1.17. The van der Waals surface area contributed by atoms with Gasteiger partial charge in [-0.25, -0.2) is 4.98 Å². The van der Waals surface area contributed by atoms with Crippen molar-refractivity contribution in [2.24, 2.45) is 0 Å². The van der Waals surface area contributed by atoms with E-state index < -0.39 is 0 Å². The summed E-state index contributed by atoms with van der Waals surface area (Å²) in [7, 11) is 0. The van der Waals surface area contributed by atoms with Crippen molar-refractivity contribution in [2.75, 3.05) is 0 Å². The Morgan fingerprint density at radius 3 is 2.69 bits per heavy atom. The molecule has 0 atom stereocenters. The van der Waals surface area contributed by atoms with Gasteiger partial charge < -0.3 is 4.98 Å². The number of benzene rings is 1. The van der Waals surface area contributed by atoms with Crippen molar-refractivity contribution in [1.82, 2.24) is 9.97 Å². The van der Waals surface area contributed by atoms with E-state index in [4.69, 9.17) is 0 Å². The molecule has 1 aromatic heterocycles. The van der Waals surface area contributed by atoms with Crippen LogP contribution in [0.5, 0.6) is 0 Å². The van der Waals surface area contributed by atoms with Crippen molar-refractivity contribution >= 4 is 42.8 Å². The lowest BCUT2D eigenvalue weighted by Gasteiger charge is -1.98. The SMILES string of the molecule is O=c1[nH]cnc2cc(Br)c(Br)cc12. The summed E-state index contributed by atoms with van der Waals surface area (Å²) in [5.74, 6) is 0. The first-order valence-corrected chi connectivity index (χ1v) is 5.09. The molecule has 1 aromatic carbocycles. The molecular formula is C8H4Br2N2O. The highest BCUT2D eigenvalue weighted by Gasteiger charge is 2.03. The Kier molecular flexibility index (Phi) is 2.21. The van der Waals surface area contributed by atoms with E-state index in [1.54, 1.807) is 12.1 Å². The summed E-state index contributed by atoms with van der Waals surface area (Å²) in [6.07, 6.45) is 1.39. The molecule has 0 spiro atoms. The molecule has 2 aromatic rings. The minimum absolute atomic E-state index is 0.127. The van der Waals surface area contributed by atoms with Crippen LogP contribution in [-0.4, -0.2) is 9.97 Å². The highest BCUT2D eigenvalue weighted by molar-refractivity contribution is 9.13. The number of H-pyrrole nitrogens is 1. The molecule has 0 amide bonds. The standard InChI is InChI=1S/C8H4Br2N2O/c9-5-1-4-7(2-6(5)10)11-3-12-8(4)13/h1-3H,(H,11,12,13). The molecule has 1 heterocycles. The molecule has 0 bridgehead atoms. The van der Waals surface area contributed by atoms with E-state index in [9.17, 15) is 4.79 Å². The predicted molar refractivity (Wildman–Crippen MR) is 57.8 cm³/mol. The van der Waals surface area contributed by atoms with Crippen LogP contribution in [-0.2, 0) is 0 Å². The lowest BCUT2D eigenvalue weighted by Crippen LogP contribution is -2.05. The third-order valence-electron chi connectivity index (χ3n) is 1.68. The smallest absolute Gasteiger partial charge is 0.258 e. The Labute approximate surface area is 90.4 Å². The molecule has 0 radical (unpaired) electrons. The minimum Gasteiger partial charge on any atom is -0.313 e. The van der Waals surface area contributed by atoms with Crippen molar-refractivity contribution < 1.29 is 0 Å². The number of nitrogens with one attached hydrogen (secondary N) is 1. The van der Waals surface area contributed by atoms with Crippen LogP contribution in [0.15, 0.2) is 32.2 Å². The normalized spacial score (nSPS) is 10.6. The Hall–Kier alpha value is -0.680. The fraction of sp³-hybridized carbons (Fsp3) is 0. The van der Waals surface area contributed by atoms with Gasteiger partial charge in [-0.3, -0.25) is 4.79 Å². The molecule has 0 saturated heterocycles. The summed E-state index contributed by atoms with van der Waals surface area (Å²) in [5.41, 5.74) is 0.553. The molecule has 0 aliphatic carbocycles. The van der Waals surface area contributed by atoms with E-state index in [1.807, 2.05) is 0 Å². The fourth-order valence-corrected chi connectivity index (χ4v) is 1.74. The van der Waals surface area contributed by atoms with Crippen molar-refractivity contribution in [1.29, 1.82) is 0 Å². The van der Waals surface area contributed by atoms with Gasteiger partial charge in [0.15, 0.2) is 0 Å². The molecule has 13 heavy (non-hydrogen) atoms. The molecule has 2 rings (SSSR count). The zero-order valence-corrected chi connectivity index (χ0v) is 9.52. The topological polar surface area (TPSA) is 45.8 Å². The molecule has 0 unspecified atom stereocenters. The summed E-state index contributed by atoms with van der Waals surface area (Å²) < 4.78 is 1.73. The van der Waals surface area contributed by atoms with Gasteiger partial charge >= 0.3 is 0 Å². The summed E-state index contributed by atoms with van der Waals surface area (Å²) in [6, 6.07) is 3.54. The van der Waals surface area contributed by atoms with E-state index in [-0.39, 0.29) is 5.56 Å². The zero-order valence-electron chi connectivity index (χ0n) is 6.34. The second-order valence-corrected chi connectivity index (χ2v) is 4.22. The molecular weight excluding hydrogens is 300 g/mol. The number of rotatable bonds is 0. The number of aromatic nitrogens is 2. The van der Waals surface area contributed by atoms with Gasteiger partial charge in [0.25, 0.3) is 5.56 Å². The number of hydrogen-bond donors (Lipinski definition) is 1. The zero-order chi connectivity index (χ0) is 9.42. The maximum absolute atomic E-state index is 11.3. The molecule has 0 aliphatic heterocycles. The average Bonchev–Trinajstić information content (AvgIpc) is 2.09. The number of nitrogens with zero attached hydrogens (tertiary/aromatic N) is 1. The maximum Gasteiger partial charge on any atom is 0.258 e. The van der Waals surface area contributed by atoms with Gasteiger partial charge in [-0.15, -0.1) is 0 Å². The van der Waals surface area contributed by atoms with Gasteiger partial charge in [-0.05, 0) is 44.0 Å². The molecule has 3 nitrogen and oxygen atoms in total. The monoisotopic (exact) mass is 302 g/mol. The third-order valence-corrected chi connectivity index (χ3v) is 3.53. The summed E-state index contributed by atoms with van der Waals surface area (Å²) in [6.45, 7) is 0. The highest BCUT2D eigenvalue weighted by Crippen LogP contribution is 2.25. The van der Waals surface area contributed by atoms with Crippen molar-refractivity contribution in [3.05, 3.63) is 37.8 Å². The fourth-order valence-electron chi connectivity index (χ4n) is 1.06. The van der Waals surface area contributed by atoms with Crippen LogP contribution in [0.1, 0.15) is 0 Å². The molecule has 5 heteroatoms. The molecule has 66 valence electrons. The largest absolute Gasteiger partial charge is 0.313 e. The molecule has 0 aliphatic rings. The van der Waals surface area contributed by atoms with Crippen LogP contribution in [0.3, 0.4) is 0 Å². The minimum atomic E-state index is -0.127. The number of hydrogen-bond acceptors (Lipinski definition) is 2. The Morgan fingerprint density at radius 1 is 1.23 bits per heavy atom. The first-order valence-electron chi connectivity index (χ1n) is 3.51. The summed E-state index contributed by atoms with van der Waals surface area (Å²) in [4.78, 5) is 17.9. The Balaban J connectivity index is 2.97. The molecule has 0 saturated carbocycles. The van der Waals surface area contributed by atoms with Gasteiger partial charge in [0.1, 0.15) is 0 Å². The first kappa shape index (κ1) is 8.90. The summed E-state index contributed by atoms with van der Waals surface area (Å²) >= 11 is 6.66. The van der Waals surface area contributed by atoms with Crippen LogP contribution < -0.4 is 5.56 Å². The van der Waals surface area contributed by atoms with Crippen LogP contribution >= 0.6 is 31.9 Å². The van der Waals surface area contributed by atoms with E-state index >= 15 is 0 Å². The van der Waals surface area contributed by atoms with Gasteiger partial charge in [-0.1, -0.05) is 0 Å². The predicted octanol–water partition coefficient (Wildman–Crippen LogP) is 2.45. The second-order valence-electron chi connectivity index (χ2n) is 2.52. The highest BCUT2D eigenvalue weighted by atomic mass is 79.9. The van der Waals surface area contributed by atoms with Gasteiger partial charge in [0.2, 0.25) is 0 Å². The lowest BCUT2D eigenvalue weighted by atomic mass is 10.2. The summed E-state index contributed by atoms with van der Waals surface area (Å²) in [5, 5.41) is 0.581. The Morgan fingerprint density at radius 2 is 1.92 bits per heavy atom. The van der Waals surface area contributed by atoms with E-state index in [2.05, 4.69) is 41.8 Å². The van der Waals surface area contributed by atoms with Crippen LogP contribution in [0.4, 0.5) is 0 Å². The van der Waals surface area contributed by atoms with Crippen LogP contribution in [0.2, 0.25) is 0 Å². The van der Waals surface area contributed by atoms with Crippen molar-refractivity contribution in [2.45, 2.75) is 0 Å². The average molecular weight is 304 g/mol. The molecule has 1 N–H and O–H groups in total. The van der Waals surface area contributed by atoms with Crippen molar-refractivity contribution in [3.63, 3.8) is 0 Å². The third kappa shape index (κ3) is 1.53. The molecule has 0 fully saturated rings. The quantitative estimate of drug-likeness (QED) is 0.812. The van der Waals surface area contributed by atoms with Gasteiger partial charge in [0.05, 0.1) is 17.2 Å². The number of halogens is 2. The van der Waals surface area contributed by atoms with Gasteiger partial charge in [0, 0.05) is 8.95 Å². The number of fused-ring (bicyclic) bond motifs is 1. The van der Waals surface area contributed by atoms with E-state index in [1.165, 1.54) is 6.33 Å². The van der Waals surface area contributed by atoms with Crippen LogP contribution in [0.25, 0.3) is 10.9 Å². The number of aromatic amines is 1. The van der Waals surface area contributed by atoms with Gasteiger partial charge in [-0.2, -0.15) is 0 Å². The first-order chi connectivity index (χ1) is 6.18. The van der Waals surface area contributed by atoms with E-state index in [0.717, 1.165) is 8.95 Å².